The summed E-state index contributed by atoms with van der Waals surface area (Å²) in [6, 6.07) is 14.0. The largest absolute Gasteiger partial charge is 0.492 e. The van der Waals surface area contributed by atoms with E-state index in [9.17, 15) is 9.59 Å². The maximum atomic E-state index is 12.0. The van der Waals surface area contributed by atoms with Crippen LogP contribution >= 0.6 is 0 Å². The Kier molecular flexibility index (Phi) is 4.46. The lowest BCUT2D eigenvalue weighted by Crippen LogP contribution is -2.54. The molecule has 2 aromatic carbocycles. The summed E-state index contributed by atoms with van der Waals surface area (Å²) < 4.78 is 5.73. The monoisotopic (exact) mass is 312 g/mol. The van der Waals surface area contributed by atoms with Crippen molar-refractivity contribution in [3.8, 4) is 5.75 Å². The number of carbonyl (C=O) groups excluding carboxylic acids is 2. The molecule has 1 aliphatic heterocycles. The number of likely N-dealkylation sites (N-methyl/N-ethyl adjacent to an activating group) is 1. The van der Waals surface area contributed by atoms with Gasteiger partial charge in [-0.2, -0.15) is 0 Å². The molecule has 2 amide bonds. The smallest absolute Gasteiger partial charge is 0.312 e. The summed E-state index contributed by atoms with van der Waals surface area (Å²) in [6.07, 6.45) is 0. The molecule has 1 fully saturated rings. The topological polar surface area (TPSA) is 49.9 Å². The van der Waals surface area contributed by atoms with Crippen molar-refractivity contribution in [1.82, 2.24) is 9.80 Å². The predicted molar refractivity (Wildman–Crippen MR) is 88.3 cm³/mol. The third-order valence-corrected chi connectivity index (χ3v) is 4.13. The van der Waals surface area contributed by atoms with Crippen molar-refractivity contribution in [2.24, 2.45) is 0 Å². The Morgan fingerprint density at radius 3 is 2.43 bits per heavy atom. The summed E-state index contributed by atoms with van der Waals surface area (Å²) >= 11 is 0. The van der Waals surface area contributed by atoms with E-state index < -0.39 is 11.8 Å². The van der Waals surface area contributed by atoms with Crippen LogP contribution in [0.3, 0.4) is 0 Å². The molecular weight excluding hydrogens is 292 g/mol. The van der Waals surface area contributed by atoms with E-state index in [0.717, 1.165) is 16.5 Å². The zero-order valence-electron chi connectivity index (χ0n) is 13.2. The van der Waals surface area contributed by atoms with Gasteiger partial charge in [0.05, 0.1) is 6.54 Å². The van der Waals surface area contributed by atoms with Gasteiger partial charge >= 0.3 is 11.8 Å². The fourth-order valence-electron chi connectivity index (χ4n) is 2.76. The maximum absolute atomic E-state index is 12.0. The normalized spacial score (nSPS) is 15.3. The molecule has 2 aromatic rings. The Labute approximate surface area is 135 Å². The van der Waals surface area contributed by atoms with Gasteiger partial charge in [0.2, 0.25) is 0 Å². The lowest BCUT2D eigenvalue weighted by molar-refractivity contribution is -0.156. The van der Waals surface area contributed by atoms with Gasteiger partial charge in [0.1, 0.15) is 12.4 Å². The number of hydrogen-bond donors (Lipinski definition) is 0. The number of amides is 2. The second-order valence-corrected chi connectivity index (χ2v) is 5.53. The molecule has 0 unspecified atom stereocenters. The van der Waals surface area contributed by atoms with Gasteiger partial charge < -0.3 is 14.5 Å². The zero-order chi connectivity index (χ0) is 16.2. The molecule has 5 nitrogen and oxygen atoms in total. The molecule has 1 saturated heterocycles. The molecule has 0 aliphatic carbocycles. The van der Waals surface area contributed by atoms with Gasteiger partial charge in [0.25, 0.3) is 0 Å². The van der Waals surface area contributed by atoms with Gasteiger partial charge in [-0.15, -0.1) is 0 Å². The van der Waals surface area contributed by atoms with Crippen LogP contribution in [-0.4, -0.2) is 54.4 Å². The summed E-state index contributed by atoms with van der Waals surface area (Å²) in [4.78, 5) is 27.0. The lowest BCUT2D eigenvalue weighted by Gasteiger charge is -2.32. The van der Waals surface area contributed by atoms with E-state index in [1.54, 1.807) is 9.80 Å². The molecule has 0 N–H and O–H groups in total. The number of piperazine rings is 1. The fourth-order valence-corrected chi connectivity index (χ4v) is 2.76. The highest BCUT2D eigenvalue weighted by Gasteiger charge is 2.31. The van der Waals surface area contributed by atoms with Gasteiger partial charge in [-0.3, -0.25) is 9.59 Å². The summed E-state index contributed by atoms with van der Waals surface area (Å²) in [5.41, 5.74) is 0. The Bertz CT molecular complexity index is 729. The lowest BCUT2D eigenvalue weighted by atomic mass is 10.1. The molecule has 23 heavy (non-hydrogen) atoms. The van der Waals surface area contributed by atoms with Crippen molar-refractivity contribution in [2.75, 3.05) is 32.8 Å². The van der Waals surface area contributed by atoms with Crippen molar-refractivity contribution in [3.63, 3.8) is 0 Å². The first kappa shape index (κ1) is 15.3. The van der Waals surface area contributed by atoms with E-state index in [1.165, 1.54) is 0 Å². The molecule has 0 bridgehead atoms. The molecule has 120 valence electrons. The second kappa shape index (κ2) is 6.69. The van der Waals surface area contributed by atoms with Gasteiger partial charge in [-0.25, -0.2) is 0 Å². The van der Waals surface area contributed by atoms with Crippen LogP contribution < -0.4 is 4.74 Å². The van der Waals surface area contributed by atoms with E-state index in [0.29, 0.717) is 32.8 Å². The zero-order valence-corrected chi connectivity index (χ0v) is 13.2. The maximum Gasteiger partial charge on any atom is 0.312 e. The number of fused-ring (bicyclic) bond motifs is 1. The van der Waals surface area contributed by atoms with Crippen LogP contribution in [0.4, 0.5) is 0 Å². The van der Waals surface area contributed by atoms with Gasteiger partial charge in [0.15, 0.2) is 0 Å². The molecule has 1 aliphatic rings. The van der Waals surface area contributed by atoms with Crippen LogP contribution in [0.15, 0.2) is 42.5 Å². The summed E-state index contributed by atoms with van der Waals surface area (Å²) in [6.45, 7) is 4.42. The van der Waals surface area contributed by atoms with Gasteiger partial charge in [-0.05, 0) is 29.8 Å². The summed E-state index contributed by atoms with van der Waals surface area (Å²) in [5.74, 6) is -0.0701. The highest BCUT2D eigenvalue weighted by Crippen LogP contribution is 2.20. The molecule has 0 atom stereocenters. The minimum Gasteiger partial charge on any atom is -0.492 e. The SMILES string of the molecule is CCN1CCN(CCOc2ccc3ccccc3c2)C(=O)C1=O. The van der Waals surface area contributed by atoms with Crippen LogP contribution in [-0.2, 0) is 9.59 Å². The van der Waals surface area contributed by atoms with Gasteiger partial charge in [0, 0.05) is 19.6 Å². The Hall–Kier alpha value is -2.56. The number of nitrogens with zero attached hydrogens (tertiary/aromatic N) is 2. The predicted octanol–water partition coefficient (Wildman–Crippen LogP) is 1.91. The van der Waals surface area contributed by atoms with E-state index in [2.05, 4.69) is 6.07 Å². The van der Waals surface area contributed by atoms with Crippen molar-refractivity contribution in [1.29, 1.82) is 0 Å². The van der Waals surface area contributed by atoms with Crippen molar-refractivity contribution < 1.29 is 14.3 Å². The Balaban J connectivity index is 1.56. The summed E-state index contributed by atoms with van der Waals surface area (Å²) in [7, 11) is 0. The highest BCUT2D eigenvalue weighted by atomic mass is 16.5. The third-order valence-electron chi connectivity index (χ3n) is 4.13. The van der Waals surface area contributed by atoms with Crippen LogP contribution in [0.25, 0.3) is 10.8 Å². The molecule has 0 radical (unpaired) electrons. The molecule has 5 heteroatoms. The fraction of sp³-hybridized carbons (Fsp3) is 0.333. The minimum atomic E-state index is -0.430. The first-order valence-electron chi connectivity index (χ1n) is 7.89. The molecule has 3 rings (SSSR count). The third kappa shape index (κ3) is 3.28. The number of rotatable bonds is 5. The van der Waals surface area contributed by atoms with E-state index in [-0.39, 0.29) is 0 Å². The Morgan fingerprint density at radius 1 is 0.957 bits per heavy atom. The van der Waals surface area contributed by atoms with Crippen LogP contribution in [0, 0.1) is 0 Å². The van der Waals surface area contributed by atoms with Crippen LogP contribution in [0.1, 0.15) is 6.92 Å². The molecular formula is C18H20N2O3. The molecule has 0 saturated carbocycles. The molecule has 0 spiro atoms. The molecule has 0 aromatic heterocycles. The number of hydrogen-bond acceptors (Lipinski definition) is 3. The number of ether oxygens (including phenoxy) is 1. The second-order valence-electron chi connectivity index (χ2n) is 5.53. The summed E-state index contributed by atoms with van der Waals surface area (Å²) in [5, 5.41) is 2.28. The minimum absolute atomic E-state index is 0.378. The van der Waals surface area contributed by atoms with Crippen LogP contribution in [0.2, 0.25) is 0 Å². The van der Waals surface area contributed by atoms with E-state index in [1.807, 2.05) is 43.3 Å². The van der Waals surface area contributed by atoms with E-state index in [4.69, 9.17) is 4.74 Å². The van der Waals surface area contributed by atoms with Crippen molar-refractivity contribution >= 4 is 22.6 Å². The van der Waals surface area contributed by atoms with E-state index >= 15 is 0 Å². The average molecular weight is 312 g/mol. The number of benzene rings is 2. The van der Waals surface area contributed by atoms with Crippen molar-refractivity contribution in [2.45, 2.75) is 6.92 Å². The van der Waals surface area contributed by atoms with Crippen LogP contribution in [0.5, 0.6) is 5.75 Å². The highest BCUT2D eigenvalue weighted by molar-refractivity contribution is 6.35. The standard InChI is InChI=1S/C18H20N2O3/c1-2-19-9-10-20(18(22)17(19)21)11-12-23-16-8-7-14-5-3-4-6-15(14)13-16/h3-8,13H,2,9-12H2,1H3. The first-order chi connectivity index (χ1) is 11.2. The Morgan fingerprint density at radius 2 is 1.65 bits per heavy atom. The molecule has 1 heterocycles. The number of carbonyl (C=O) groups is 2. The van der Waals surface area contributed by atoms with Crippen molar-refractivity contribution in [3.05, 3.63) is 42.5 Å². The van der Waals surface area contributed by atoms with Gasteiger partial charge in [-0.1, -0.05) is 30.3 Å². The quantitative estimate of drug-likeness (QED) is 0.793. The average Bonchev–Trinajstić information content (AvgIpc) is 2.59. The first-order valence-corrected chi connectivity index (χ1v) is 7.89.